The van der Waals surface area contributed by atoms with Crippen molar-refractivity contribution in [2.75, 3.05) is 19.7 Å². The van der Waals surface area contributed by atoms with Crippen molar-refractivity contribution >= 4 is 17.1 Å². The zero-order valence-electron chi connectivity index (χ0n) is 17.0. The third-order valence-electron chi connectivity index (χ3n) is 7.16. The normalized spacial score (nSPS) is 21.4. The van der Waals surface area contributed by atoms with Crippen molar-refractivity contribution in [2.24, 2.45) is 0 Å². The molecule has 5 heterocycles. The molecular weight excluding hydrogens is 380 g/mol. The van der Waals surface area contributed by atoms with Gasteiger partial charge in [0.1, 0.15) is 11.1 Å². The number of likely N-dealkylation sites (tertiary alicyclic amines) is 1. The Labute approximate surface area is 174 Å². The molecule has 3 aliphatic rings. The molecule has 8 heteroatoms. The zero-order valence-corrected chi connectivity index (χ0v) is 17.0. The quantitative estimate of drug-likeness (QED) is 0.707. The number of fused-ring (bicyclic) bond motifs is 3. The Balaban J connectivity index is 1.20. The number of aromatic amines is 1. The molecule has 1 spiro atoms. The average molecular weight is 406 g/mol. The summed E-state index contributed by atoms with van der Waals surface area (Å²) in [6.45, 7) is 2.03. The van der Waals surface area contributed by atoms with E-state index in [-0.39, 0.29) is 11.5 Å². The lowest BCUT2D eigenvalue weighted by Crippen LogP contribution is -2.48. The van der Waals surface area contributed by atoms with Gasteiger partial charge in [-0.1, -0.05) is 12.8 Å². The van der Waals surface area contributed by atoms with Gasteiger partial charge in [0.05, 0.1) is 30.4 Å². The van der Waals surface area contributed by atoms with E-state index in [2.05, 4.69) is 24.7 Å². The zero-order chi connectivity index (χ0) is 20.1. The van der Waals surface area contributed by atoms with E-state index in [9.17, 15) is 4.79 Å². The molecule has 0 bridgehead atoms. The first-order chi connectivity index (χ1) is 14.7. The first-order valence-corrected chi connectivity index (χ1v) is 11.0. The summed E-state index contributed by atoms with van der Waals surface area (Å²) < 4.78 is 8.38. The number of carbonyl (C=O) groups is 1. The standard InChI is InChI=1S/C22H26N6O2/c29-21(16-11-18-20(23-12-16)28(14-24-18)17-3-1-2-4-17)27-8-6-22(7-9-27)19-15(5-10-30-22)13-25-26-19/h11-14,17H,1-10H2,(H,25,26). The SMILES string of the molecule is O=C(c1cnc2c(c1)ncn2C1CCCC1)N1CCC2(CC1)OCCc1cn[nH]c12. The third kappa shape index (κ3) is 2.77. The summed E-state index contributed by atoms with van der Waals surface area (Å²) in [5.74, 6) is 0.0234. The van der Waals surface area contributed by atoms with Gasteiger partial charge in [-0.25, -0.2) is 9.97 Å². The number of rotatable bonds is 2. The van der Waals surface area contributed by atoms with Gasteiger partial charge >= 0.3 is 0 Å². The molecule has 0 aromatic carbocycles. The van der Waals surface area contributed by atoms with Crippen molar-refractivity contribution in [3.63, 3.8) is 0 Å². The van der Waals surface area contributed by atoms with Crippen molar-refractivity contribution in [3.8, 4) is 0 Å². The molecule has 8 nitrogen and oxygen atoms in total. The minimum absolute atomic E-state index is 0.0234. The number of hydrogen-bond acceptors (Lipinski definition) is 5. The Hall–Kier alpha value is -2.74. The summed E-state index contributed by atoms with van der Waals surface area (Å²) in [5, 5.41) is 7.35. The molecule has 1 N–H and O–H groups in total. The molecule has 156 valence electrons. The smallest absolute Gasteiger partial charge is 0.255 e. The molecule has 1 saturated heterocycles. The van der Waals surface area contributed by atoms with Crippen LogP contribution in [0.2, 0.25) is 0 Å². The van der Waals surface area contributed by atoms with Crippen LogP contribution in [0.1, 0.15) is 66.2 Å². The van der Waals surface area contributed by atoms with Crippen LogP contribution in [0.25, 0.3) is 11.2 Å². The van der Waals surface area contributed by atoms with Gasteiger partial charge in [-0.3, -0.25) is 9.89 Å². The van der Waals surface area contributed by atoms with Crippen LogP contribution in [-0.2, 0) is 16.8 Å². The van der Waals surface area contributed by atoms with Crippen LogP contribution in [0.5, 0.6) is 0 Å². The van der Waals surface area contributed by atoms with Gasteiger partial charge in [-0.2, -0.15) is 5.10 Å². The van der Waals surface area contributed by atoms with Crippen molar-refractivity contribution in [3.05, 3.63) is 41.6 Å². The second-order valence-electron chi connectivity index (χ2n) is 8.81. The third-order valence-corrected chi connectivity index (χ3v) is 7.16. The Morgan fingerprint density at radius 1 is 1.17 bits per heavy atom. The van der Waals surface area contributed by atoms with Crippen molar-refractivity contribution < 1.29 is 9.53 Å². The van der Waals surface area contributed by atoms with E-state index in [1.807, 2.05) is 23.5 Å². The molecule has 0 radical (unpaired) electrons. The summed E-state index contributed by atoms with van der Waals surface area (Å²) in [5.41, 5.74) is 4.32. The summed E-state index contributed by atoms with van der Waals surface area (Å²) in [4.78, 5) is 24.2. The predicted molar refractivity (Wildman–Crippen MR) is 110 cm³/mol. The Morgan fingerprint density at radius 2 is 2.00 bits per heavy atom. The second-order valence-corrected chi connectivity index (χ2v) is 8.81. The van der Waals surface area contributed by atoms with Crippen LogP contribution in [0.4, 0.5) is 0 Å². The maximum Gasteiger partial charge on any atom is 0.255 e. The lowest BCUT2D eigenvalue weighted by Gasteiger charge is -2.43. The number of aromatic nitrogens is 5. The number of nitrogens with one attached hydrogen (secondary N) is 1. The molecule has 0 unspecified atom stereocenters. The second kappa shape index (κ2) is 6.91. The number of imidazole rings is 1. The fraction of sp³-hybridized carbons (Fsp3) is 0.545. The van der Waals surface area contributed by atoms with E-state index in [1.54, 1.807) is 6.20 Å². The average Bonchev–Trinajstić information content (AvgIpc) is 3.53. The molecular formula is C22H26N6O2. The van der Waals surface area contributed by atoms with E-state index in [1.165, 1.54) is 31.2 Å². The van der Waals surface area contributed by atoms with Gasteiger partial charge in [0.25, 0.3) is 5.91 Å². The van der Waals surface area contributed by atoms with Gasteiger partial charge in [-0.15, -0.1) is 0 Å². The fourth-order valence-electron chi connectivity index (χ4n) is 5.46. The number of carbonyl (C=O) groups excluding carboxylic acids is 1. The van der Waals surface area contributed by atoms with Gasteiger partial charge in [-0.05, 0) is 43.7 Å². The van der Waals surface area contributed by atoms with Crippen LogP contribution >= 0.6 is 0 Å². The summed E-state index contributed by atoms with van der Waals surface area (Å²) in [6, 6.07) is 2.38. The summed E-state index contributed by atoms with van der Waals surface area (Å²) in [6.07, 6.45) is 12.9. The molecule has 0 atom stereocenters. The van der Waals surface area contributed by atoms with Crippen molar-refractivity contribution in [2.45, 2.75) is 56.6 Å². The highest BCUT2D eigenvalue weighted by molar-refractivity contribution is 5.96. The Bertz CT molecular complexity index is 1090. The van der Waals surface area contributed by atoms with E-state index >= 15 is 0 Å². The molecule has 3 aromatic rings. The molecule has 1 aliphatic carbocycles. The first kappa shape index (κ1) is 18.1. The van der Waals surface area contributed by atoms with E-state index < -0.39 is 0 Å². The molecule has 1 amide bonds. The molecule has 3 aromatic heterocycles. The van der Waals surface area contributed by atoms with Crippen LogP contribution in [0.3, 0.4) is 0 Å². The monoisotopic (exact) mass is 406 g/mol. The summed E-state index contributed by atoms with van der Waals surface area (Å²) >= 11 is 0. The number of H-pyrrole nitrogens is 1. The summed E-state index contributed by atoms with van der Waals surface area (Å²) in [7, 11) is 0. The first-order valence-electron chi connectivity index (χ1n) is 11.0. The van der Waals surface area contributed by atoms with E-state index in [0.29, 0.717) is 31.3 Å². The highest BCUT2D eigenvalue weighted by Gasteiger charge is 2.43. The lowest BCUT2D eigenvalue weighted by molar-refractivity contribution is -0.0962. The van der Waals surface area contributed by atoms with Crippen LogP contribution in [0.15, 0.2) is 24.8 Å². The van der Waals surface area contributed by atoms with Gasteiger partial charge in [0.2, 0.25) is 0 Å². The lowest BCUT2D eigenvalue weighted by atomic mass is 9.83. The largest absolute Gasteiger partial charge is 0.368 e. The number of ether oxygens (including phenoxy) is 1. The van der Waals surface area contributed by atoms with E-state index in [4.69, 9.17) is 4.74 Å². The highest BCUT2D eigenvalue weighted by atomic mass is 16.5. The molecule has 1 saturated carbocycles. The number of pyridine rings is 1. The van der Waals surface area contributed by atoms with E-state index in [0.717, 1.165) is 36.1 Å². The maximum absolute atomic E-state index is 13.2. The Morgan fingerprint density at radius 3 is 2.83 bits per heavy atom. The highest BCUT2D eigenvalue weighted by Crippen LogP contribution is 2.40. The molecule has 30 heavy (non-hydrogen) atoms. The topological polar surface area (TPSA) is 88.9 Å². The van der Waals surface area contributed by atoms with Gasteiger partial charge < -0.3 is 14.2 Å². The minimum Gasteiger partial charge on any atom is -0.368 e. The van der Waals surface area contributed by atoms with Crippen molar-refractivity contribution in [1.82, 2.24) is 29.6 Å². The number of piperidine rings is 1. The number of amides is 1. The molecule has 2 aliphatic heterocycles. The van der Waals surface area contributed by atoms with Crippen LogP contribution in [0, 0.1) is 0 Å². The van der Waals surface area contributed by atoms with Crippen molar-refractivity contribution in [1.29, 1.82) is 0 Å². The number of hydrogen-bond donors (Lipinski definition) is 1. The van der Waals surface area contributed by atoms with Crippen LogP contribution in [-0.4, -0.2) is 55.2 Å². The molecule has 6 rings (SSSR count). The van der Waals surface area contributed by atoms with Gasteiger partial charge in [0, 0.05) is 25.3 Å². The predicted octanol–water partition coefficient (Wildman–Crippen LogP) is 2.97. The van der Waals surface area contributed by atoms with Crippen LogP contribution < -0.4 is 0 Å². The Kier molecular flexibility index (Phi) is 4.16. The fourth-order valence-corrected chi connectivity index (χ4v) is 5.46. The number of nitrogens with zero attached hydrogens (tertiary/aromatic N) is 5. The minimum atomic E-state index is -0.330. The molecule has 2 fully saturated rings. The maximum atomic E-state index is 13.2. The van der Waals surface area contributed by atoms with Gasteiger partial charge in [0.15, 0.2) is 5.65 Å².